The van der Waals surface area contributed by atoms with Crippen molar-refractivity contribution in [3.63, 3.8) is 0 Å². The van der Waals surface area contributed by atoms with Crippen LogP contribution < -0.4 is 5.73 Å². The fourth-order valence-electron chi connectivity index (χ4n) is 1.62. The third-order valence-electron chi connectivity index (χ3n) is 2.22. The van der Waals surface area contributed by atoms with Crippen molar-refractivity contribution >= 4 is 16.6 Å². The highest BCUT2D eigenvalue weighted by atomic mass is 14.7. The number of anilines is 1. The summed E-state index contributed by atoms with van der Waals surface area (Å²) in [6.45, 7) is 2.18. The molecule has 1 aromatic carbocycles. The predicted molar refractivity (Wildman–Crippen MR) is 56.7 cm³/mol. The van der Waals surface area contributed by atoms with Crippen LogP contribution >= 0.6 is 0 Å². The Balaban J connectivity index is 2.49. The quantitative estimate of drug-likeness (QED) is 0.675. The maximum absolute atomic E-state index is 5.69. The van der Waals surface area contributed by atoms with Crippen LogP contribution in [0.1, 0.15) is 19.0 Å². The number of fused-ring (bicyclic) bond motifs is 1. The molecular weight excluding hydrogens is 160 g/mol. The molecule has 1 aromatic heterocycles. The average molecular weight is 174 g/mol. The predicted octanol–water partition coefficient (Wildman–Crippen LogP) is 2.70. The second-order valence-corrected chi connectivity index (χ2v) is 3.39. The molecular formula is C11H14N2. The molecule has 2 nitrogen and oxygen atoms in total. The number of hydrogen-bond acceptors (Lipinski definition) is 1. The van der Waals surface area contributed by atoms with Crippen molar-refractivity contribution in [2.75, 3.05) is 5.73 Å². The van der Waals surface area contributed by atoms with Crippen LogP contribution in [0.4, 0.5) is 5.69 Å². The van der Waals surface area contributed by atoms with Crippen LogP contribution in [0.2, 0.25) is 0 Å². The molecule has 0 atom stereocenters. The van der Waals surface area contributed by atoms with E-state index in [0.717, 1.165) is 12.1 Å². The van der Waals surface area contributed by atoms with Crippen molar-refractivity contribution in [2.24, 2.45) is 0 Å². The van der Waals surface area contributed by atoms with Gasteiger partial charge in [-0.2, -0.15) is 0 Å². The second-order valence-electron chi connectivity index (χ2n) is 3.39. The van der Waals surface area contributed by atoms with Gasteiger partial charge in [0.05, 0.1) is 0 Å². The molecule has 0 aliphatic carbocycles. The topological polar surface area (TPSA) is 41.8 Å². The van der Waals surface area contributed by atoms with Crippen LogP contribution in [0.15, 0.2) is 24.3 Å². The molecule has 2 rings (SSSR count). The van der Waals surface area contributed by atoms with E-state index in [1.807, 2.05) is 18.2 Å². The molecule has 0 bridgehead atoms. The van der Waals surface area contributed by atoms with E-state index in [-0.39, 0.29) is 0 Å². The molecule has 0 amide bonds. The van der Waals surface area contributed by atoms with Gasteiger partial charge in [-0.05, 0) is 30.7 Å². The summed E-state index contributed by atoms with van der Waals surface area (Å²) in [5.41, 5.74) is 8.99. The van der Waals surface area contributed by atoms with Crippen LogP contribution in [0.25, 0.3) is 10.9 Å². The number of hydrogen-bond donors (Lipinski definition) is 2. The highest BCUT2D eigenvalue weighted by Crippen LogP contribution is 2.18. The minimum Gasteiger partial charge on any atom is -0.399 e. The van der Waals surface area contributed by atoms with Gasteiger partial charge in [0.2, 0.25) is 0 Å². The van der Waals surface area contributed by atoms with E-state index in [1.54, 1.807) is 0 Å². The van der Waals surface area contributed by atoms with Gasteiger partial charge in [0.1, 0.15) is 0 Å². The van der Waals surface area contributed by atoms with Crippen LogP contribution in [0.5, 0.6) is 0 Å². The fourth-order valence-corrected chi connectivity index (χ4v) is 1.62. The number of nitrogens with one attached hydrogen (secondary N) is 1. The van der Waals surface area contributed by atoms with Gasteiger partial charge in [-0.3, -0.25) is 0 Å². The lowest BCUT2D eigenvalue weighted by molar-refractivity contribution is 0.896. The zero-order valence-corrected chi connectivity index (χ0v) is 7.80. The lowest BCUT2D eigenvalue weighted by Gasteiger charge is -1.91. The molecule has 0 aliphatic rings. The summed E-state index contributed by atoms with van der Waals surface area (Å²) in [5.74, 6) is 0. The van der Waals surface area contributed by atoms with Crippen LogP contribution in [0.3, 0.4) is 0 Å². The minimum absolute atomic E-state index is 0.828. The maximum Gasteiger partial charge on any atom is 0.0457 e. The lowest BCUT2D eigenvalue weighted by Crippen LogP contribution is -1.81. The van der Waals surface area contributed by atoms with Gasteiger partial charge in [0.25, 0.3) is 0 Å². The Bertz CT molecular complexity index is 415. The van der Waals surface area contributed by atoms with E-state index < -0.39 is 0 Å². The van der Waals surface area contributed by atoms with Crippen molar-refractivity contribution in [3.8, 4) is 0 Å². The van der Waals surface area contributed by atoms with E-state index in [0.29, 0.717) is 0 Å². The summed E-state index contributed by atoms with van der Waals surface area (Å²) in [6, 6.07) is 8.14. The van der Waals surface area contributed by atoms with Gasteiger partial charge in [-0.25, -0.2) is 0 Å². The summed E-state index contributed by atoms with van der Waals surface area (Å²) in [6.07, 6.45) is 2.27. The first kappa shape index (κ1) is 8.17. The van der Waals surface area contributed by atoms with Crippen LogP contribution in [0, 0.1) is 0 Å². The summed E-state index contributed by atoms with van der Waals surface area (Å²) in [4.78, 5) is 3.37. The van der Waals surface area contributed by atoms with E-state index in [4.69, 9.17) is 5.73 Å². The molecule has 0 aliphatic heterocycles. The maximum atomic E-state index is 5.69. The molecule has 0 spiro atoms. The van der Waals surface area contributed by atoms with Gasteiger partial charge >= 0.3 is 0 Å². The zero-order chi connectivity index (χ0) is 9.26. The molecule has 0 saturated carbocycles. The summed E-state index contributed by atoms with van der Waals surface area (Å²) < 4.78 is 0. The van der Waals surface area contributed by atoms with E-state index in [9.17, 15) is 0 Å². The molecule has 1 heterocycles. The van der Waals surface area contributed by atoms with Crippen molar-refractivity contribution in [1.29, 1.82) is 0 Å². The molecule has 0 saturated heterocycles. The fraction of sp³-hybridized carbons (Fsp3) is 0.273. The number of benzene rings is 1. The van der Waals surface area contributed by atoms with E-state index >= 15 is 0 Å². The van der Waals surface area contributed by atoms with Crippen molar-refractivity contribution in [1.82, 2.24) is 4.98 Å². The molecule has 0 fully saturated rings. The first-order chi connectivity index (χ1) is 6.29. The monoisotopic (exact) mass is 174 g/mol. The van der Waals surface area contributed by atoms with Crippen molar-refractivity contribution in [3.05, 3.63) is 30.0 Å². The van der Waals surface area contributed by atoms with Gasteiger partial charge < -0.3 is 10.7 Å². The Morgan fingerprint density at radius 1 is 1.31 bits per heavy atom. The third-order valence-corrected chi connectivity index (χ3v) is 2.22. The van der Waals surface area contributed by atoms with Crippen LogP contribution in [-0.2, 0) is 6.42 Å². The summed E-state index contributed by atoms with van der Waals surface area (Å²) in [7, 11) is 0. The molecule has 2 aromatic rings. The smallest absolute Gasteiger partial charge is 0.0457 e. The Morgan fingerprint density at radius 3 is 2.92 bits per heavy atom. The van der Waals surface area contributed by atoms with Gasteiger partial charge in [0, 0.05) is 22.3 Å². The number of aromatic nitrogens is 1. The normalized spacial score (nSPS) is 10.8. The molecule has 0 unspecified atom stereocenters. The molecule has 68 valence electrons. The second kappa shape index (κ2) is 3.13. The molecule has 0 radical (unpaired) electrons. The highest BCUT2D eigenvalue weighted by molar-refractivity contribution is 5.83. The number of rotatable bonds is 2. The van der Waals surface area contributed by atoms with E-state index in [2.05, 4.69) is 18.0 Å². The Kier molecular flexibility index (Phi) is 1.97. The van der Waals surface area contributed by atoms with Crippen molar-refractivity contribution in [2.45, 2.75) is 19.8 Å². The molecule has 3 N–H and O–H groups in total. The van der Waals surface area contributed by atoms with Gasteiger partial charge in [0.15, 0.2) is 0 Å². The minimum atomic E-state index is 0.828. The third kappa shape index (κ3) is 1.52. The standard InChI is InChI=1S/C11H14N2/c1-2-3-10-7-8-6-9(12)4-5-11(8)13-10/h4-7,13H,2-3,12H2,1H3. The zero-order valence-electron chi connectivity index (χ0n) is 7.80. The molecule has 13 heavy (non-hydrogen) atoms. The Labute approximate surface area is 77.8 Å². The Hall–Kier alpha value is -1.44. The highest BCUT2D eigenvalue weighted by Gasteiger charge is 1.99. The largest absolute Gasteiger partial charge is 0.399 e. The number of aryl methyl sites for hydroxylation is 1. The lowest BCUT2D eigenvalue weighted by atomic mass is 10.2. The summed E-state index contributed by atoms with van der Waals surface area (Å²) >= 11 is 0. The number of nitrogen functional groups attached to an aromatic ring is 1. The van der Waals surface area contributed by atoms with E-state index in [1.165, 1.54) is 23.0 Å². The SMILES string of the molecule is CCCc1cc2cc(N)ccc2[nH]1. The first-order valence-corrected chi connectivity index (χ1v) is 4.66. The van der Waals surface area contributed by atoms with Gasteiger partial charge in [-0.1, -0.05) is 13.3 Å². The molecule has 2 heteroatoms. The summed E-state index contributed by atoms with van der Waals surface area (Å²) in [5, 5.41) is 1.21. The number of H-pyrrole nitrogens is 1. The number of nitrogens with two attached hydrogens (primary N) is 1. The van der Waals surface area contributed by atoms with Crippen LogP contribution in [-0.4, -0.2) is 4.98 Å². The Morgan fingerprint density at radius 2 is 2.15 bits per heavy atom. The first-order valence-electron chi connectivity index (χ1n) is 4.66. The van der Waals surface area contributed by atoms with Crippen molar-refractivity contribution < 1.29 is 0 Å². The number of aromatic amines is 1. The van der Waals surface area contributed by atoms with Gasteiger partial charge in [-0.15, -0.1) is 0 Å². The average Bonchev–Trinajstić information content (AvgIpc) is 2.46.